The maximum atomic E-state index is 13.6. The minimum Gasteiger partial charge on any atom is -0.370 e. The minimum absolute atomic E-state index is 0.180. The van der Waals surface area contributed by atoms with Crippen LogP contribution in [0, 0.1) is 12.7 Å². The van der Waals surface area contributed by atoms with Crippen molar-refractivity contribution in [1.29, 1.82) is 0 Å². The van der Waals surface area contributed by atoms with E-state index in [2.05, 4.69) is 25.6 Å². The fourth-order valence-corrected chi connectivity index (χ4v) is 2.44. The second kappa shape index (κ2) is 8.19. The lowest BCUT2D eigenvalue weighted by molar-refractivity contribution is 0.610. The van der Waals surface area contributed by atoms with Crippen LogP contribution in [0.3, 0.4) is 0 Å². The fourth-order valence-electron chi connectivity index (χ4n) is 2.44. The van der Waals surface area contributed by atoms with E-state index in [1.54, 1.807) is 18.3 Å². The van der Waals surface area contributed by atoms with Crippen molar-refractivity contribution < 1.29 is 4.39 Å². The maximum Gasteiger partial charge on any atom is 0.225 e. The highest BCUT2D eigenvalue weighted by Gasteiger charge is 2.04. The van der Waals surface area contributed by atoms with E-state index in [1.165, 1.54) is 6.07 Å². The van der Waals surface area contributed by atoms with E-state index in [0.717, 1.165) is 11.4 Å². The molecule has 3 rings (SSSR count). The molecule has 0 amide bonds. The normalized spacial score (nSPS) is 10.5. The maximum absolute atomic E-state index is 13.6. The summed E-state index contributed by atoms with van der Waals surface area (Å²) < 4.78 is 13.6. The van der Waals surface area contributed by atoms with Gasteiger partial charge in [-0.15, -0.1) is 0 Å². The summed E-state index contributed by atoms with van der Waals surface area (Å²) in [6.45, 7) is 3.06. The third kappa shape index (κ3) is 4.97. The Morgan fingerprint density at radius 2 is 1.84 bits per heavy atom. The molecule has 6 heteroatoms. The number of benzene rings is 1. The summed E-state index contributed by atoms with van der Waals surface area (Å²) in [7, 11) is 0. The number of hydrogen-bond acceptors (Lipinski definition) is 5. The molecule has 0 unspecified atom stereocenters. The zero-order valence-corrected chi connectivity index (χ0v) is 14.0. The van der Waals surface area contributed by atoms with Crippen molar-refractivity contribution in [2.24, 2.45) is 0 Å². The summed E-state index contributed by atoms with van der Waals surface area (Å²) in [5.41, 5.74) is 2.46. The fraction of sp³-hybridized carbons (Fsp3) is 0.211. The first-order valence-corrected chi connectivity index (χ1v) is 8.17. The van der Waals surface area contributed by atoms with Crippen LogP contribution in [0.25, 0.3) is 0 Å². The second-order valence-electron chi connectivity index (χ2n) is 5.66. The first-order valence-electron chi connectivity index (χ1n) is 8.17. The van der Waals surface area contributed by atoms with Crippen LogP contribution < -0.4 is 10.6 Å². The number of anilines is 2. The lowest BCUT2D eigenvalue weighted by atomic mass is 10.1. The molecule has 2 heterocycles. The van der Waals surface area contributed by atoms with Crippen molar-refractivity contribution in [1.82, 2.24) is 15.0 Å². The third-order valence-corrected chi connectivity index (χ3v) is 3.67. The molecule has 0 aliphatic carbocycles. The molecule has 0 fully saturated rings. The minimum atomic E-state index is -0.180. The molecule has 1 aromatic carbocycles. The molecule has 2 aromatic heterocycles. The molecule has 2 N–H and O–H groups in total. The highest BCUT2D eigenvalue weighted by atomic mass is 19.1. The van der Waals surface area contributed by atoms with Crippen LogP contribution in [0.4, 0.5) is 16.2 Å². The summed E-state index contributed by atoms with van der Waals surface area (Å²) in [5, 5.41) is 6.40. The first-order chi connectivity index (χ1) is 12.2. The Morgan fingerprint density at radius 3 is 2.64 bits per heavy atom. The Morgan fingerprint density at radius 1 is 1.00 bits per heavy atom. The smallest absolute Gasteiger partial charge is 0.225 e. The Balaban J connectivity index is 1.58. The van der Waals surface area contributed by atoms with Crippen LogP contribution in [-0.4, -0.2) is 21.5 Å². The summed E-state index contributed by atoms with van der Waals surface area (Å²) in [6.07, 6.45) is 2.34. The van der Waals surface area contributed by atoms with Gasteiger partial charge in [-0.05, 0) is 37.1 Å². The topological polar surface area (TPSA) is 62.7 Å². The van der Waals surface area contributed by atoms with Crippen molar-refractivity contribution in [3.63, 3.8) is 0 Å². The SMILES string of the molecule is Cc1cc(NCCc2ccccc2F)nc(NCc2ccccn2)n1. The van der Waals surface area contributed by atoms with Gasteiger partial charge >= 0.3 is 0 Å². The molecule has 25 heavy (non-hydrogen) atoms. The number of nitrogens with zero attached hydrogens (tertiary/aromatic N) is 3. The number of pyridine rings is 1. The van der Waals surface area contributed by atoms with Crippen LogP contribution in [-0.2, 0) is 13.0 Å². The van der Waals surface area contributed by atoms with Crippen LogP contribution in [0.1, 0.15) is 17.0 Å². The van der Waals surface area contributed by atoms with E-state index in [-0.39, 0.29) is 5.82 Å². The van der Waals surface area contributed by atoms with Gasteiger partial charge in [0.05, 0.1) is 12.2 Å². The zero-order chi connectivity index (χ0) is 17.5. The molecular formula is C19H20FN5. The predicted molar refractivity (Wildman–Crippen MR) is 96.9 cm³/mol. The Bertz CT molecular complexity index is 823. The number of aromatic nitrogens is 3. The van der Waals surface area contributed by atoms with Gasteiger partial charge in [0.1, 0.15) is 11.6 Å². The summed E-state index contributed by atoms with van der Waals surface area (Å²) in [4.78, 5) is 13.1. The standard InChI is InChI=1S/C19H20FN5/c1-14-12-18(22-11-9-15-6-2-3-8-17(15)20)25-19(24-14)23-13-16-7-4-5-10-21-16/h2-8,10,12H,9,11,13H2,1H3,(H2,22,23,24,25). The predicted octanol–water partition coefficient (Wildman–Crippen LogP) is 3.59. The lowest BCUT2D eigenvalue weighted by Crippen LogP contribution is -2.11. The van der Waals surface area contributed by atoms with Gasteiger partial charge < -0.3 is 10.6 Å². The van der Waals surface area contributed by atoms with Crippen molar-refractivity contribution in [3.8, 4) is 0 Å². The van der Waals surface area contributed by atoms with E-state index in [0.29, 0.717) is 36.8 Å². The van der Waals surface area contributed by atoms with Crippen molar-refractivity contribution in [2.45, 2.75) is 19.9 Å². The number of rotatable bonds is 7. The molecule has 0 radical (unpaired) electrons. The van der Waals surface area contributed by atoms with Crippen LogP contribution in [0.2, 0.25) is 0 Å². The summed E-state index contributed by atoms with van der Waals surface area (Å²) in [5.74, 6) is 1.08. The zero-order valence-electron chi connectivity index (χ0n) is 14.0. The second-order valence-corrected chi connectivity index (χ2v) is 5.66. The molecule has 0 aliphatic heterocycles. The molecule has 5 nitrogen and oxygen atoms in total. The summed E-state index contributed by atoms with van der Waals surface area (Å²) >= 11 is 0. The van der Waals surface area contributed by atoms with Crippen molar-refractivity contribution in [3.05, 3.63) is 77.5 Å². The molecule has 128 valence electrons. The van der Waals surface area contributed by atoms with E-state index < -0.39 is 0 Å². The first kappa shape index (κ1) is 16.8. The van der Waals surface area contributed by atoms with E-state index in [4.69, 9.17) is 0 Å². The molecule has 3 aromatic rings. The van der Waals surface area contributed by atoms with Gasteiger partial charge in [0.15, 0.2) is 0 Å². The van der Waals surface area contributed by atoms with Crippen LogP contribution in [0.5, 0.6) is 0 Å². The highest BCUT2D eigenvalue weighted by Crippen LogP contribution is 2.12. The molecule has 0 aliphatic rings. The van der Waals surface area contributed by atoms with Gasteiger partial charge in [-0.1, -0.05) is 24.3 Å². The lowest BCUT2D eigenvalue weighted by Gasteiger charge is -2.10. The quantitative estimate of drug-likeness (QED) is 0.690. The largest absolute Gasteiger partial charge is 0.370 e. The molecule has 0 saturated carbocycles. The third-order valence-electron chi connectivity index (χ3n) is 3.67. The average molecular weight is 337 g/mol. The highest BCUT2D eigenvalue weighted by molar-refractivity contribution is 5.42. The van der Waals surface area contributed by atoms with Crippen molar-refractivity contribution in [2.75, 3.05) is 17.2 Å². The number of nitrogens with one attached hydrogen (secondary N) is 2. The van der Waals surface area contributed by atoms with Crippen LogP contribution >= 0.6 is 0 Å². The molecule has 0 atom stereocenters. The van der Waals surface area contributed by atoms with E-state index in [1.807, 2.05) is 37.3 Å². The monoisotopic (exact) mass is 337 g/mol. The molecular weight excluding hydrogens is 317 g/mol. The average Bonchev–Trinajstić information content (AvgIpc) is 2.62. The molecule has 0 bridgehead atoms. The van der Waals surface area contributed by atoms with E-state index >= 15 is 0 Å². The number of aryl methyl sites for hydroxylation is 1. The van der Waals surface area contributed by atoms with Gasteiger partial charge in [-0.2, -0.15) is 4.98 Å². The van der Waals surface area contributed by atoms with Gasteiger partial charge in [-0.25, -0.2) is 9.37 Å². The Kier molecular flexibility index (Phi) is 5.51. The molecule has 0 spiro atoms. The Hall–Kier alpha value is -3.02. The van der Waals surface area contributed by atoms with Crippen molar-refractivity contribution >= 4 is 11.8 Å². The van der Waals surface area contributed by atoms with Gasteiger partial charge in [0.25, 0.3) is 0 Å². The summed E-state index contributed by atoms with van der Waals surface area (Å²) in [6, 6.07) is 14.4. The van der Waals surface area contributed by atoms with Gasteiger partial charge in [-0.3, -0.25) is 4.98 Å². The molecule has 0 saturated heterocycles. The number of halogens is 1. The number of hydrogen-bond donors (Lipinski definition) is 2. The van der Waals surface area contributed by atoms with Gasteiger partial charge in [0, 0.05) is 24.5 Å². The van der Waals surface area contributed by atoms with E-state index in [9.17, 15) is 4.39 Å². The van der Waals surface area contributed by atoms with Crippen LogP contribution in [0.15, 0.2) is 54.7 Å². The Labute approximate surface area is 146 Å². The van der Waals surface area contributed by atoms with Gasteiger partial charge in [0.2, 0.25) is 5.95 Å².